The van der Waals surface area contributed by atoms with Gasteiger partial charge in [-0.2, -0.15) is 4.98 Å². The number of nitrogens with zero attached hydrogens (tertiary/aromatic N) is 4. The van der Waals surface area contributed by atoms with E-state index in [-0.39, 0.29) is 12.4 Å². The third kappa shape index (κ3) is 5.77. The second-order valence-electron chi connectivity index (χ2n) is 8.58. The normalized spacial score (nSPS) is 13.5. The lowest BCUT2D eigenvalue weighted by molar-refractivity contribution is 0.805. The van der Waals surface area contributed by atoms with Crippen molar-refractivity contribution in [2.45, 2.75) is 40.0 Å². The lowest BCUT2D eigenvalue weighted by Gasteiger charge is -2.30. The highest BCUT2D eigenvalue weighted by Gasteiger charge is 2.19. The maximum Gasteiger partial charge on any atom is 0.232 e. The van der Waals surface area contributed by atoms with E-state index < -0.39 is 0 Å². The summed E-state index contributed by atoms with van der Waals surface area (Å²) < 4.78 is 1.13. The molecule has 0 bridgehead atoms. The number of hydrogen-bond donors (Lipinski definition) is 0. The van der Waals surface area contributed by atoms with Crippen molar-refractivity contribution in [3.63, 3.8) is 0 Å². The van der Waals surface area contributed by atoms with Crippen LogP contribution in [0.2, 0.25) is 0 Å². The molecule has 3 aromatic rings. The molecule has 0 radical (unpaired) electrons. The minimum atomic E-state index is 0. The molecule has 1 aliphatic heterocycles. The Morgan fingerprint density at radius 2 is 1.82 bits per heavy atom. The highest BCUT2D eigenvalue weighted by Crippen LogP contribution is 2.32. The summed E-state index contributed by atoms with van der Waals surface area (Å²) in [5, 5.41) is 0. The number of rotatable bonds is 6. The van der Waals surface area contributed by atoms with E-state index in [1.807, 2.05) is 0 Å². The Morgan fingerprint density at radius 1 is 1.06 bits per heavy atom. The monoisotopic (exact) mass is 526 g/mol. The van der Waals surface area contributed by atoms with Crippen LogP contribution in [0, 0.1) is 6.92 Å². The van der Waals surface area contributed by atoms with Gasteiger partial charge >= 0.3 is 0 Å². The molecule has 0 N–H and O–H groups in total. The van der Waals surface area contributed by atoms with Gasteiger partial charge in [0, 0.05) is 41.6 Å². The summed E-state index contributed by atoms with van der Waals surface area (Å²) in [4.78, 5) is 14.4. The van der Waals surface area contributed by atoms with Crippen LogP contribution in [0.4, 0.5) is 17.5 Å². The summed E-state index contributed by atoms with van der Waals surface area (Å²) in [6.45, 7) is 11.2. The van der Waals surface area contributed by atoms with Gasteiger partial charge in [0.25, 0.3) is 0 Å². The summed E-state index contributed by atoms with van der Waals surface area (Å²) in [5.74, 6) is 2.22. The topological polar surface area (TPSA) is 32.3 Å². The van der Waals surface area contributed by atoms with Crippen LogP contribution in [-0.2, 0) is 0 Å². The SMILES string of the molecule is CCN(c1ccc(C(C)C)c(Br)c1)c1nc(C)cc(N2CCC=C(c3ccccc3)C2)n1.Cl. The molecule has 174 valence electrons. The van der Waals surface area contributed by atoms with Crippen LogP contribution in [0.15, 0.2) is 65.1 Å². The molecule has 0 unspecified atom stereocenters. The molecule has 0 saturated carbocycles. The predicted octanol–water partition coefficient (Wildman–Crippen LogP) is 7.54. The Morgan fingerprint density at radius 3 is 2.48 bits per heavy atom. The standard InChI is InChI=1S/C27H31BrN4.ClH/c1-5-32(23-13-14-24(19(2)3)25(28)17-23)27-29-20(4)16-26(30-27)31-15-9-12-22(18-31)21-10-7-6-8-11-21;/h6-8,10-14,16-17,19H,5,9,15,18H2,1-4H3;1H. The Bertz CT molecular complexity index is 1110. The molecule has 4 nitrogen and oxygen atoms in total. The van der Waals surface area contributed by atoms with Gasteiger partial charge in [-0.15, -0.1) is 12.4 Å². The predicted molar refractivity (Wildman–Crippen MR) is 146 cm³/mol. The van der Waals surface area contributed by atoms with Crippen LogP contribution in [0.5, 0.6) is 0 Å². The number of aryl methyl sites for hydroxylation is 1. The van der Waals surface area contributed by atoms with E-state index in [4.69, 9.17) is 9.97 Å². The third-order valence-corrected chi connectivity index (χ3v) is 6.61. The number of halogens is 2. The maximum absolute atomic E-state index is 5.02. The van der Waals surface area contributed by atoms with Gasteiger partial charge in [-0.25, -0.2) is 4.98 Å². The minimum Gasteiger partial charge on any atom is -0.352 e. The van der Waals surface area contributed by atoms with Crippen molar-refractivity contribution in [2.24, 2.45) is 0 Å². The zero-order chi connectivity index (χ0) is 22.7. The smallest absolute Gasteiger partial charge is 0.232 e. The second-order valence-corrected chi connectivity index (χ2v) is 9.43. The number of anilines is 3. The molecule has 6 heteroatoms. The lowest BCUT2D eigenvalue weighted by Crippen LogP contribution is -2.31. The van der Waals surface area contributed by atoms with Crippen LogP contribution >= 0.6 is 28.3 Å². The fourth-order valence-electron chi connectivity index (χ4n) is 4.21. The van der Waals surface area contributed by atoms with E-state index in [2.05, 4.69) is 114 Å². The van der Waals surface area contributed by atoms with Gasteiger partial charge < -0.3 is 9.80 Å². The average molecular weight is 528 g/mol. The second kappa shape index (κ2) is 11.2. The van der Waals surface area contributed by atoms with E-state index in [0.717, 1.165) is 53.7 Å². The summed E-state index contributed by atoms with van der Waals surface area (Å²) in [7, 11) is 0. The van der Waals surface area contributed by atoms with Gasteiger partial charge in [-0.3, -0.25) is 0 Å². The highest BCUT2D eigenvalue weighted by molar-refractivity contribution is 9.10. The van der Waals surface area contributed by atoms with Crippen molar-refractivity contribution in [1.29, 1.82) is 0 Å². The van der Waals surface area contributed by atoms with E-state index in [0.29, 0.717) is 5.92 Å². The molecule has 0 saturated heterocycles. The van der Waals surface area contributed by atoms with E-state index in [1.165, 1.54) is 16.7 Å². The average Bonchev–Trinajstić information content (AvgIpc) is 2.80. The Labute approximate surface area is 212 Å². The lowest BCUT2D eigenvalue weighted by atomic mass is 10.0. The minimum absolute atomic E-state index is 0. The summed E-state index contributed by atoms with van der Waals surface area (Å²) in [5.41, 5.74) is 6.04. The highest BCUT2D eigenvalue weighted by atomic mass is 79.9. The van der Waals surface area contributed by atoms with E-state index in [1.54, 1.807) is 0 Å². The van der Waals surface area contributed by atoms with E-state index >= 15 is 0 Å². The molecule has 0 aliphatic carbocycles. The van der Waals surface area contributed by atoms with Crippen molar-refractivity contribution < 1.29 is 0 Å². The molecule has 0 fully saturated rings. The van der Waals surface area contributed by atoms with Gasteiger partial charge in [-0.05, 0) is 55.0 Å². The van der Waals surface area contributed by atoms with Gasteiger partial charge in [0.1, 0.15) is 5.82 Å². The quantitative estimate of drug-likeness (QED) is 0.331. The molecule has 2 aromatic carbocycles. The van der Waals surface area contributed by atoms with Gasteiger partial charge in [0.05, 0.1) is 0 Å². The molecule has 0 atom stereocenters. The van der Waals surface area contributed by atoms with Crippen LogP contribution in [0.1, 0.15) is 49.9 Å². The van der Waals surface area contributed by atoms with Crippen molar-refractivity contribution in [3.8, 4) is 0 Å². The first-order valence-electron chi connectivity index (χ1n) is 11.4. The Balaban J connectivity index is 0.00000306. The van der Waals surface area contributed by atoms with Crippen LogP contribution in [-0.4, -0.2) is 29.6 Å². The van der Waals surface area contributed by atoms with Gasteiger partial charge in [0.2, 0.25) is 5.95 Å². The molecule has 1 aliphatic rings. The Hall–Kier alpha value is -2.37. The molecule has 0 amide bonds. The van der Waals surface area contributed by atoms with Crippen molar-refractivity contribution in [2.75, 3.05) is 29.4 Å². The third-order valence-electron chi connectivity index (χ3n) is 5.92. The van der Waals surface area contributed by atoms with Gasteiger partial charge in [-0.1, -0.05) is 72.3 Å². The molecule has 4 rings (SSSR count). The van der Waals surface area contributed by atoms with Crippen LogP contribution in [0.25, 0.3) is 5.57 Å². The zero-order valence-electron chi connectivity index (χ0n) is 19.8. The molecular formula is C27H32BrClN4. The molecule has 2 heterocycles. The van der Waals surface area contributed by atoms with Gasteiger partial charge in [0.15, 0.2) is 0 Å². The summed E-state index contributed by atoms with van der Waals surface area (Å²) in [6, 6.07) is 19.3. The number of aromatic nitrogens is 2. The first-order valence-corrected chi connectivity index (χ1v) is 12.2. The summed E-state index contributed by atoms with van der Waals surface area (Å²) in [6.07, 6.45) is 3.37. The molecular weight excluding hydrogens is 496 g/mol. The summed E-state index contributed by atoms with van der Waals surface area (Å²) >= 11 is 3.76. The maximum atomic E-state index is 5.02. The number of benzene rings is 2. The Kier molecular flexibility index (Phi) is 8.55. The van der Waals surface area contributed by atoms with Crippen molar-refractivity contribution in [3.05, 3.63) is 82.0 Å². The fourth-order valence-corrected chi connectivity index (χ4v) is 5.04. The number of hydrogen-bond acceptors (Lipinski definition) is 4. The first kappa shape index (κ1) is 25.3. The van der Waals surface area contributed by atoms with Crippen LogP contribution in [0.3, 0.4) is 0 Å². The molecule has 0 spiro atoms. The van der Waals surface area contributed by atoms with Crippen molar-refractivity contribution in [1.82, 2.24) is 9.97 Å². The van der Waals surface area contributed by atoms with Crippen molar-refractivity contribution >= 4 is 51.4 Å². The molecule has 33 heavy (non-hydrogen) atoms. The first-order chi connectivity index (χ1) is 15.5. The zero-order valence-corrected chi connectivity index (χ0v) is 22.2. The van der Waals surface area contributed by atoms with E-state index in [9.17, 15) is 0 Å². The molecule has 1 aromatic heterocycles. The fraction of sp³-hybridized carbons (Fsp3) is 0.333. The largest absolute Gasteiger partial charge is 0.352 e. The van der Waals surface area contributed by atoms with Crippen LogP contribution < -0.4 is 9.80 Å².